The molecule has 0 fully saturated rings. The van der Waals surface area contributed by atoms with Crippen LogP contribution in [0, 0.1) is 0 Å². The molecule has 0 saturated carbocycles. The lowest BCUT2D eigenvalue weighted by Crippen LogP contribution is -2.22. The van der Waals surface area contributed by atoms with E-state index in [1.807, 2.05) is 84.9 Å². The van der Waals surface area contributed by atoms with Gasteiger partial charge in [0, 0.05) is 5.56 Å². The smallest absolute Gasteiger partial charge is 0.276 e. The van der Waals surface area contributed by atoms with Gasteiger partial charge in [-0.05, 0) is 24.3 Å². The first-order chi connectivity index (χ1) is 12.8. The number of benzene rings is 3. The van der Waals surface area contributed by atoms with Crippen LogP contribution in [-0.2, 0) is 0 Å². The molecule has 0 radical (unpaired) electrons. The van der Waals surface area contributed by atoms with Gasteiger partial charge in [-0.25, -0.2) is 4.98 Å². The van der Waals surface area contributed by atoms with E-state index in [-0.39, 0.29) is 11.3 Å². The fourth-order valence-corrected chi connectivity index (χ4v) is 2.67. The molecule has 0 spiro atoms. The highest BCUT2D eigenvalue weighted by Crippen LogP contribution is 2.12. The normalized spacial score (nSPS) is 11.5. The highest BCUT2D eigenvalue weighted by Gasteiger charge is 2.14. The molecule has 0 bridgehead atoms. The Hall–Kier alpha value is -3.73. The molecule has 5 heteroatoms. The van der Waals surface area contributed by atoms with E-state index in [0.29, 0.717) is 16.7 Å². The Morgan fingerprint density at radius 3 is 2.27 bits per heavy atom. The molecule has 26 heavy (non-hydrogen) atoms. The maximum Gasteiger partial charge on any atom is 0.276 e. The van der Waals surface area contributed by atoms with Gasteiger partial charge in [-0.2, -0.15) is 5.10 Å². The van der Waals surface area contributed by atoms with Crippen molar-refractivity contribution in [3.8, 4) is 0 Å². The highest BCUT2D eigenvalue weighted by atomic mass is 16.1. The van der Waals surface area contributed by atoms with Gasteiger partial charge in [-0.15, -0.1) is 0 Å². The minimum absolute atomic E-state index is 0.276. The quantitative estimate of drug-likeness (QED) is 0.439. The van der Waals surface area contributed by atoms with Crippen molar-refractivity contribution < 1.29 is 0 Å². The number of aromatic nitrogens is 2. The lowest BCUT2D eigenvalue weighted by atomic mass is 10.1. The Morgan fingerprint density at radius 1 is 0.846 bits per heavy atom. The second-order valence-corrected chi connectivity index (χ2v) is 5.74. The Kier molecular flexibility index (Phi) is 4.26. The predicted octanol–water partition coefficient (Wildman–Crippen LogP) is 3.79. The highest BCUT2D eigenvalue weighted by molar-refractivity contribution is 6.12. The van der Waals surface area contributed by atoms with Crippen LogP contribution in [0.25, 0.3) is 11.0 Å². The summed E-state index contributed by atoms with van der Waals surface area (Å²) >= 11 is 0. The fraction of sp³-hybridized carbons (Fsp3) is 0. The summed E-state index contributed by atoms with van der Waals surface area (Å²) in [7, 11) is 0. The third-order valence-electron chi connectivity index (χ3n) is 3.94. The zero-order chi connectivity index (χ0) is 17.8. The van der Waals surface area contributed by atoms with Crippen molar-refractivity contribution in [3.05, 3.63) is 107 Å². The lowest BCUT2D eigenvalue weighted by molar-refractivity contribution is 1.18. The molecule has 0 saturated heterocycles. The van der Waals surface area contributed by atoms with Crippen molar-refractivity contribution in [2.75, 3.05) is 5.43 Å². The Morgan fingerprint density at radius 2 is 1.50 bits per heavy atom. The topological polar surface area (TPSA) is 70.1 Å². The van der Waals surface area contributed by atoms with Gasteiger partial charge >= 0.3 is 0 Å². The molecule has 0 aliphatic carbocycles. The van der Waals surface area contributed by atoms with E-state index in [9.17, 15) is 4.79 Å². The minimum Gasteiger partial charge on any atom is -0.319 e. The molecule has 1 aromatic heterocycles. The van der Waals surface area contributed by atoms with Gasteiger partial charge < -0.3 is 4.98 Å². The molecular weight excluding hydrogens is 324 g/mol. The summed E-state index contributed by atoms with van der Waals surface area (Å²) in [5.41, 5.74) is 6.55. The van der Waals surface area contributed by atoms with Gasteiger partial charge in [0.2, 0.25) is 0 Å². The van der Waals surface area contributed by atoms with E-state index in [1.165, 1.54) is 0 Å². The van der Waals surface area contributed by atoms with Crippen LogP contribution in [0.2, 0.25) is 0 Å². The minimum atomic E-state index is -0.277. The fourth-order valence-electron chi connectivity index (χ4n) is 2.67. The summed E-state index contributed by atoms with van der Waals surface area (Å²) < 4.78 is 0. The number of fused-ring (bicyclic) bond motifs is 1. The van der Waals surface area contributed by atoms with Gasteiger partial charge in [-0.1, -0.05) is 60.7 Å². The molecule has 4 aromatic rings. The van der Waals surface area contributed by atoms with Crippen molar-refractivity contribution in [3.63, 3.8) is 0 Å². The predicted molar refractivity (Wildman–Crippen MR) is 105 cm³/mol. The molecular formula is C21H16N4O. The Bertz CT molecular complexity index is 1120. The van der Waals surface area contributed by atoms with Crippen LogP contribution in [0.5, 0.6) is 0 Å². The second-order valence-electron chi connectivity index (χ2n) is 5.74. The molecule has 5 nitrogen and oxygen atoms in total. The van der Waals surface area contributed by atoms with Crippen molar-refractivity contribution in [1.29, 1.82) is 0 Å². The Labute approximate surface area is 150 Å². The van der Waals surface area contributed by atoms with E-state index in [2.05, 4.69) is 20.5 Å². The molecule has 1 heterocycles. The summed E-state index contributed by atoms with van der Waals surface area (Å²) in [5.74, 6) is 0. The molecule has 0 unspecified atom stereocenters. The maximum absolute atomic E-state index is 12.6. The number of rotatable bonds is 4. The van der Waals surface area contributed by atoms with Crippen LogP contribution in [0.3, 0.4) is 0 Å². The second kappa shape index (κ2) is 7.03. The Balaban J connectivity index is 1.86. The number of hydrogen-bond acceptors (Lipinski definition) is 4. The summed E-state index contributed by atoms with van der Waals surface area (Å²) in [4.78, 5) is 20.1. The van der Waals surface area contributed by atoms with Crippen LogP contribution >= 0.6 is 0 Å². The number of hydrazone groups is 1. The van der Waals surface area contributed by atoms with Crippen LogP contribution in [0.1, 0.15) is 11.3 Å². The number of nitrogens with zero attached hydrogens (tertiary/aromatic N) is 2. The lowest BCUT2D eigenvalue weighted by Gasteiger charge is -2.08. The average molecular weight is 340 g/mol. The van der Waals surface area contributed by atoms with Crippen LogP contribution < -0.4 is 11.0 Å². The molecule has 0 aliphatic heterocycles. The van der Waals surface area contributed by atoms with Gasteiger partial charge in [0.1, 0.15) is 5.71 Å². The van der Waals surface area contributed by atoms with E-state index >= 15 is 0 Å². The number of aromatic amines is 1. The van der Waals surface area contributed by atoms with E-state index in [4.69, 9.17) is 0 Å². The van der Waals surface area contributed by atoms with Gasteiger partial charge in [0.05, 0.1) is 16.7 Å². The molecule has 2 N–H and O–H groups in total. The van der Waals surface area contributed by atoms with Gasteiger partial charge in [-0.3, -0.25) is 10.2 Å². The van der Waals surface area contributed by atoms with E-state index < -0.39 is 0 Å². The van der Waals surface area contributed by atoms with E-state index in [1.54, 1.807) is 0 Å². The third-order valence-corrected chi connectivity index (χ3v) is 3.94. The molecule has 0 amide bonds. The molecule has 3 aromatic carbocycles. The number of anilines is 1. The van der Waals surface area contributed by atoms with Crippen molar-refractivity contribution >= 4 is 22.4 Å². The molecule has 0 aliphatic rings. The van der Waals surface area contributed by atoms with Crippen molar-refractivity contribution in [1.82, 2.24) is 9.97 Å². The number of hydrogen-bond donors (Lipinski definition) is 2. The summed E-state index contributed by atoms with van der Waals surface area (Å²) in [6, 6.07) is 26.6. The maximum atomic E-state index is 12.6. The number of nitrogens with one attached hydrogen (secondary N) is 2. The first kappa shape index (κ1) is 15.8. The van der Waals surface area contributed by atoms with E-state index in [0.717, 1.165) is 11.3 Å². The number of para-hydroxylation sites is 3. The van der Waals surface area contributed by atoms with Gasteiger partial charge in [0.25, 0.3) is 5.56 Å². The monoisotopic (exact) mass is 340 g/mol. The third kappa shape index (κ3) is 3.23. The largest absolute Gasteiger partial charge is 0.319 e. The van der Waals surface area contributed by atoms with Crippen LogP contribution in [0.15, 0.2) is 94.8 Å². The molecule has 126 valence electrons. The first-order valence-corrected chi connectivity index (χ1v) is 8.25. The standard InChI is InChI=1S/C21H16N4O/c26-21-20(22-17-13-7-8-14-18(17)23-21)19(15-9-3-1-4-10-15)25-24-16-11-5-2-6-12-16/h1-14,24H,(H,23,26)/b25-19-. The molecule has 0 atom stereocenters. The van der Waals surface area contributed by atoms with Crippen LogP contribution in [0.4, 0.5) is 5.69 Å². The van der Waals surface area contributed by atoms with Gasteiger partial charge in [0.15, 0.2) is 5.69 Å². The van der Waals surface area contributed by atoms with Crippen LogP contribution in [-0.4, -0.2) is 15.7 Å². The summed E-state index contributed by atoms with van der Waals surface area (Å²) in [5, 5.41) is 4.49. The summed E-state index contributed by atoms with van der Waals surface area (Å²) in [6.45, 7) is 0. The summed E-state index contributed by atoms with van der Waals surface area (Å²) in [6.07, 6.45) is 0. The van der Waals surface area contributed by atoms with Crippen molar-refractivity contribution in [2.45, 2.75) is 0 Å². The van der Waals surface area contributed by atoms with Crippen molar-refractivity contribution in [2.24, 2.45) is 5.10 Å². The number of H-pyrrole nitrogens is 1. The zero-order valence-electron chi connectivity index (χ0n) is 13.9. The first-order valence-electron chi connectivity index (χ1n) is 8.25. The molecule has 4 rings (SSSR count). The zero-order valence-corrected chi connectivity index (χ0v) is 13.9. The SMILES string of the molecule is O=c1[nH]c2ccccc2nc1/C(=N\Nc1ccccc1)c1ccccc1. The average Bonchev–Trinajstić information content (AvgIpc) is 2.70.